The molecule has 7 atom stereocenters. The summed E-state index contributed by atoms with van der Waals surface area (Å²) in [5.74, 6) is -0.897. The predicted octanol–water partition coefficient (Wildman–Crippen LogP) is 5.46. The van der Waals surface area contributed by atoms with Crippen LogP contribution in [0.25, 0.3) is 21.9 Å². The second-order valence-electron chi connectivity index (χ2n) is 12.9. The van der Waals surface area contributed by atoms with Crippen LogP contribution in [0.5, 0.6) is 11.6 Å². The fourth-order valence-electron chi connectivity index (χ4n) is 6.02. The molecule has 0 bridgehead atoms. The number of nitrogen functional groups attached to an aromatic ring is 1. The molecule has 3 heterocycles. The highest BCUT2D eigenvalue weighted by molar-refractivity contribution is 9.10. The van der Waals surface area contributed by atoms with Crippen LogP contribution in [-0.2, 0) is 23.4 Å². The number of fused-ring (bicyclic) bond motifs is 2. The van der Waals surface area contributed by atoms with E-state index in [9.17, 15) is 19.6 Å². The average molecular weight is 800 g/mol. The molecule has 0 spiro atoms. The maximum Gasteiger partial charge on any atom is 0.459 e. The lowest BCUT2D eigenvalue weighted by Crippen LogP contribution is -2.45. The molecule has 3 unspecified atom stereocenters. The first kappa shape index (κ1) is 37.6. The number of hydrogen-bond acceptors (Lipinski definition) is 13. The van der Waals surface area contributed by atoms with E-state index >= 15 is 0 Å². The number of carbonyl (C=O) groups excluding carboxylic acids is 1. The van der Waals surface area contributed by atoms with Crippen LogP contribution in [0.1, 0.15) is 45.6 Å². The Morgan fingerprint density at radius 3 is 2.56 bits per heavy atom. The molecule has 1 saturated heterocycles. The molecule has 0 saturated carbocycles. The second-order valence-corrected chi connectivity index (χ2v) is 15.5. The number of halogens is 1. The number of methoxy groups -OCH3 is 1. The summed E-state index contributed by atoms with van der Waals surface area (Å²) >= 11 is 3.50. The van der Waals surface area contributed by atoms with Crippen LogP contribution in [0, 0.1) is 5.92 Å². The topological polar surface area (TPSA) is 202 Å². The normalized spacial score (nSPS) is 22.7. The number of carbonyl (C=O) groups is 1. The molecule has 276 valence electrons. The van der Waals surface area contributed by atoms with Crippen molar-refractivity contribution in [1.82, 2.24) is 24.6 Å². The third-order valence-corrected chi connectivity index (χ3v) is 11.1. The Kier molecular flexibility index (Phi) is 10.9. The molecule has 2 aromatic heterocycles. The molecule has 0 aliphatic carbocycles. The van der Waals surface area contributed by atoms with Crippen LogP contribution in [-0.4, -0.2) is 73.3 Å². The van der Waals surface area contributed by atoms with E-state index in [1.165, 1.54) is 24.9 Å². The number of ether oxygens (including phenoxy) is 3. The van der Waals surface area contributed by atoms with Gasteiger partial charge in [-0.3, -0.25) is 13.9 Å². The molecule has 6 rings (SSSR count). The predicted molar refractivity (Wildman–Crippen MR) is 195 cm³/mol. The number of esters is 1. The standard InChI is InChI=1S/C35H40BrN6O9P/c1-19(2)27(32(44)49-20(3)22-13-8-9-15-24(22)36)41-52(46,51-25-16-10-12-21-11-6-7-14-23(21)25)48-17-26-29(43)35(4,45)33(50-26)42-18-38-28-30(42)39-34(37)40-31(28)47-5/h6-16,18-20,26-27,29,33,43,45H,17H2,1-5H3,(H,41,46)(H2,37,39,40)/t20-,26+,27?,29+,33?,35+,52?/m0/s1. The lowest BCUT2D eigenvalue weighted by atomic mass is 9.96. The highest BCUT2D eigenvalue weighted by atomic mass is 79.9. The number of hydrogen-bond donors (Lipinski definition) is 4. The van der Waals surface area contributed by atoms with Crippen LogP contribution in [0.2, 0.25) is 0 Å². The van der Waals surface area contributed by atoms with Gasteiger partial charge in [-0.1, -0.05) is 84.4 Å². The molecule has 15 nitrogen and oxygen atoms in total. The van der Waals surface area contributed by atoms with E-state index in [0.717, 1.165) is 15.4 Å². The number of rotatable bonds is 13. The minimum Gasteiger partial charge on any atom is -0.479 e. The van der Waals surface area contributed by atoms with Crippen molar-refractivity contribution in [1.29, 1.82) is 0 Å². The van der Waals surface area contributed by atoms with Crippen molar-refractivity contribution >= 4 is 57.5 Å². The summed E-state index contributed by atoms with van der Waals surface area (Å²) < 4.78 is 46.4. The van der Waals surface area contributed by atoms with Gasteiger partial charge in [0.1, 0.15) is 35.7 Å². The van der Waals surface area contributed by atoms with Crippen LogP contribution < -0.4 is 20.1 Å². The van der Waals surface area contributed by atoms with Crippen LogP contribution in [0.3, 0.4) is 0 Å². The molecule has 3 aromatic carbocycles. The Bertz CT molecular complexity index is 2130. The fraction of sp³-hybridized carbons (Fsp3) is 0.371. The van der Waals surface area contributed by atoms with E-state index < -0.39 is 62.4 Å². The number of anilines is 1. The van der Waals surface area contributed by atoms with Crippen molar-refractivity contribution in [2.75, 3.05) is 19.5 Å². The minimum absolute atomic E-state index is 0.106. The first-order chi connectivity index (χ1) is 24.7. The van der Waals surface area contributed by atoms with Crippen molar-refractivity contribution in [3.63, 3.8) is 0 Å². The molecule has 17 heteroatoms. The summed E-state index contributed by atoms with van der Waals surface area (Å²) in [7, 11) is -3.10. The van der Waals surface area contributed by atoms with E-state index in [1.807, 2.05) is 48.5 Å². The maximum atomic E-state index is 14.8. The van der Waals surface area contributed by atoms with E-state index in [1.54, 1.807) is 39.0 Å². The molecule has 5 aromatic rings. The molecular weight excluding hydrogens is 759 g/mol. The van der Waals surface area contributed by atoms with Gasteiger partial charge in [0.2, 0.25) is 11.8 Å². The SMILES string of the molecule is COc1nc(N)nc2c1ncn2C1O[C@H](COP(=O)(NC(C(=O)O[C@@H](C)c2ccccc2Br)C(C)C)Oc2cccc3ccccc23)[C@@H](O)[C@@]1(C)O. The van der Waals surface area contributed by atoms with E-state index in [0.29, 0.717) is 5.39 Å². The van der Waals surface area contributed by atoms with Gasteiger partial charge in [-0.05, 0) is 37.3 Å². The zero-order valence-corrected chi connectivity index (χ0v) is 31.5. The number of nitrogens with one attached hydrogen (secondary N) is 1. The minimum atomic E-state index is -4.50. The third kappa shape index (κ3) is 7.51. The molecule has 52 heavy (non-hydrogen) atoms. The van der Waals surface area contributed by atoms with Gasteiger partial charge < -0.3 is 34.7 Å². The van der Waals surface area contributed by atoms with Crippen molar-refractivity contribution < 1.29 is 42.8 Å². The maximum absolute atomic E-state index is 14.8. The van der Waals surface area contributed by atoms with Crippen LogP contribution >= 0.6 is 23.7 Å². The van der Waals surface area contributed by atoms with Gasteiger partial charge in [0, 0.05) is 15.4 Å². The number of aromatic nitrogens is 4. The Morgan fingerprint density at radius 2 is 1.83 bits per heavy atom. The first-order valence-electron chi connectivity index (χ1n) is 16.5. The molecule has 0 amide bonds. The smallest absolute Gasteiger partial charge is 0.459 e. The molecule has 0 radical (unpaired) electrons. The lowest BCUT2D eigenvalue weighted by molar-refractivity contribution is -0.152. The average Bonchev–Trinajstić information content (AvgIpc) is 3.62. The van der Waals surface area contributed by atoms with Crippen LogP contribution in [0.15, 0.2) is 77.5 Å². The number of aliphatic hydroxyl groups is 2. The highest BCUT2D eigenvalue weighted by Crippen LogP contribution is 2.49. The van der Waals surface area contributed by atoms with Crippen molar-refractivity contribution in [2.24, 2.45) is 5.92 Å². The number of imidazole rings is 1. The Hall–Kier alpha value is -4.15. The van der Waals surface area contributed by atoms with Gasteiger partial charge in [0.15, 0.2) is 17.4 Å². The van der Waals surface area contributed by atoms with E-state index in [-0.39, 0.29) is 28.7 Å². The van der Waals surface area contributed by atoms with Crippen molar-refractivity contribution in [3.05, 3.63) is 83.1 Å². The lowest BCUT2D eigenvalue weighted by Gasteiger charge is -2.29. The van der Waals surface area contributed by atoms with E-state index in [2.05, 4.69) is 36.0 Å². The highest BCUT2D eigenvalue weighted by Gasteiger charge is 2.54. The number of benzene rings is 3. The third-order valence-electron chi connectivity index (χ3n) is 8.84. The molecule has 1 fully saturated rings. The summed E-state index contributed by atoms with van der Waals surface area (Å²) in [6, 6.07) is 18.8. The van der Waals surface area contributed by atoms with E-state index in [4.69, 9.17) is 29.0 Å². The summed E-state index contributed by atoms with van der Waals surface area (Å²) in [5, 5.41) is 27.1. The Labute approximate surface area is 308 Å². The number of aliphatic hydroxyl groups excluding tert-OH is 1. The summed E-state index contributed by atoms with van der Waals surface area (Å²) in [4.78, 5) is 26.3. The second kappa shape index (κ2) is 15.1. The van der Waals surface area contributed by atoms with Gasteiger partial charge in [-0.25, -0.2) is 9.55 Å². The number of nitrogens with two attached hydrogens (primary N) is 1. The quantitative estimate of drug-likeness (QED) is 0.0863. The molecular formula is C35H40BrN6O9P. The molecule has 5 N–H and O–H groups in total. The summed E-state index contributed by atoms with van der Waals surface area (Å²) in [6.07, 6.45) is -3.35. The van der Waals surface area contributed by atoms with Crippen molar-refractivity contribution in [2.45, 2.75) is 63.9 Å². The Morgan fingerprint density at radius 1 is 1.12 bits per heavy atom. The zero-order valence-electron chi connectivity index (χ0n) is 29.0. The number of nitrogens with zero attached hydrogens (tertiary/aromatic N) is 4. The van der Waals surface area contributed by atoms with Gasteiger partial charge in [0.05, 0.1) is 20.0 Å². The summed E-state index contributed by atoms with van der Waals surface area (Å²) in [6.45, 7) is 6.09. The largest absolute Gasteiger partial charge is 0.479 e. The van der Waals surface area contributed by atoms with Gasteiger partial charge in [0.25, 0.3) is 0 Å². The van der Waals surface area contributed by atoms with Gasteiger partial charge >= 0.3 is 13.7 Å². The molecule has 1 aliphatic rings. The van der Waals surface area contributed by atoms with Crippen LogP contribution in [0.4, 0.5) is 5.95 Å². The van der Waals surface area contributed by atoms with Crippen molar-refractivity contribution in [3.8, 4) is 11.6 Å². The zero-order chi connectivity index (χ0) is 37.4. The molecule has 1 aliphatic heterocycles. The monoisotopic (exact) mass is 798 g/mol. The van der Waals surface area contributed by atoms with Gasteiger partial charge in [-0.2, -0.15) is 15.1 Å². The van der Waals surface area contributed by atoms with Gasteiger partial charge in [-0.15, -0.1) is 0 Å². The Balaban J connectivity index is 1.29. The fourth-order valence-corrected chi connectivity index (χ4v) is 8.32. The summed E-state index contributed by atoms with van der Waals surface area (Å²) in [5.41, 5.74) is 5.15. The first-order valence-corrected chi connectivity index (χ1v) is 18.8.